The summed E-state index contributed by atoms with van der Waals surface area (Å²) in [6.07, 6.45) is 1.34. The van der Waals surface area contributed by atoms with Gasteiger partial charge in [-0.25, -0.2) is 4.79 Å². The van der Waals surface area contributed by atoms with Crippen LogP contribution in [0.4, 0.5) is 4.79 Å². The second-order valence-corrected chi connectivity index (χ2v) is 10.3. The van der Waals surface area contributed by atoms with Crippen molar-refractivity contribution >= 4 is 16.9 Å². The van der Waals surface area contributed by atoms with Gasteiger partial charge < -0.3 is 19.1 Å². The second kappa shape index (κ2) is 11.2. The molecule has 5 heteroatoms. The van der Waals surface area contributed by atoms with Crippen molar-refractivity contribution in [3.63, 3.8) is 0 Å². The lowest BCUT2D eigenvalue weighted by atomic mass is 9.86. The number of carbonyl (C=O) groups excluding carboxylic acids is 1. The molecule has 0 bridgehead atoms. The van der Waals surface area contributed by atoms with Crippen LogP contribution in [-0.4, -0.2) is 49.5 Å². The Morgan fingerprint density at radius 2 is 1.69 bits per heavy atom. The Morgan fingerprint density at radius 1 is 0.971 bits per heavy atom. The second-order valence-electron chi connectivity index (χ2n) is 10.3. The lowest BCUT2D eigenvalue weighted by molar-refractivity contribution is -0.0359. The van der Waals surface area contributed by atoms with Gasteiger partial charge in [-0.1, -0.05) is 60.7 Å². The number of amides is 1. The minimum atomic E-state index is -0.520. The van der Waals surface area contributed by atoms with E-state index in [2.05, 4.69) is 66.7 Å². The van der Waals surface area contributed by atoms with E-state index in [1.807, 2.05) is 20.8 Å². The number of piperidine rings is 1. The standard InChI is InChI=1S/C30H37NO4/c1-30(2,3)35-29(32)31-17-15-27(25-13-9-22(10-14-25)16-18-33-4)28(20-31)34-21-23-11-12-24-7-5-6-8-26(24)19-23/h5-14,19,27-28H,15-18,20-21H2,1-4H3. The first-order valence-corrected chi connectivity index (χ1v) is 12.5. The zero-order valence-corrected chi connectivity index (χ0v) is 21.3. The summed E-state index contributed by atoms with van der Waals surface area (Å²) in [5, 5.41) is 2.42. The first-order valence-electron chi connectivity index (χ1n) is 12.5. The summed E-state index contributed by atoms with van der Waals surface area (Å²) < 4.78 is 17.4. The van der Waals surface area contributed by atoms with E-state index >= 15 is 0 Å². The van der Waals surface area contributed by atoms with E-state index < -0.39 is 5.60 Å². The predicted molar refractivity (Wildman–Crippen MR) is 140 cm³/mol. The Hall–Kier alpha value is -2.89. The van der Waals surface area contributed by atoms with Crippen molar-refractivity contribution in [2.45, 2.75) is 57.8 Å². The van der Waals surface area contributed by atoms with E-state index in [9.17, 15) is 4.79 Å². The molecule has 186 valence electrons. The molecular formula is C30H37NO4. The lowest BCUT2D eigenvalue weighted by Crippen LogP contribution is -2.48. The molecule has 0 aromatic heterocycles. The Bertz CT molecular complexity index is 1120. The van der Waals surface area contributed by atoms with Crippen molar-refractivity contribution in [1.82, 2.24) is 4.90 Å². The van der Waals surface area contributed by atoms with Crippen molar-refractivity contribution in [1.29, 1.82) is 0 Å². The smallest absolute Gasteiger partial charge is 0.410 e. The largest absolute Gasteiger partial charge is 0.444 e. The zero-order chi connectivity index (χ0) is 24.8. The number of methoxy groups -OCH3 is 1. The fraction of sp³-hybridized carbons (Fsp3) is 0.433. The van der Waals surface area contributed by atoms with E-state index in [0.717, 1.165) is 18.4 Å². The van der Waals surface area contributed by atoms with Gasteiger partial charge in [0.25, 0.3) is 0 Å². The number of rotatable bonds is 7. The molecule has 0 N–H and O–H groups in total. The van der Waals surface area contributed by atoms with Gasteiger partial charge in [0.2, 0.25) is 0 Å². The fourth-order valence-corrected chi connectivity index (χ4v) is 4.64. The van der Waals surface area contributed by atoms with Crippen molar-refractivity contribution < 1.29 is 19.0 Å². The van der Waals surface area contributed by atoms with Crippen LogP contribution in [0.3, 0.4) is 0 Å². The number of carbonyl (C=O) groups is 1. The van der Waals surface area contributed by atoms with E-state index in [-0.39, 0.29) is 18.1 Å². The SMILES string of the molecule is COCCc1ccc(C2CCN(C(=O)OC(C)(C)C)CC2OCc2ccc3ccccc3c2)cc1. The quantitative estimate of drug-likeness (QED) is 0.400. The molecule has 3 aromatic rings. The molecule has 1 aliphatic heterocycles. The summed E-state index contributed by atoms with van der Waals surface area (Å²) in [5.41, 5.74) is 3.12. The Balaban J connectivity index is 1.50. The maximum Gasteiger partial charge on any atom is 0.410 e. The molecule has 3 aromatic carbocycles. The number of hydrogen-bond acceptors (Lipinski definition) is 4. The number of benzene rings is 3. The average molecular weight is 476 g/mol. The normalized spacial score (nSPS) is 18.6. The molecule has 35 heavy (non-hydrogen) atoms. The average Bonchev–Trinajstić information content (AvgIpc) is 2.85. The van der Waals surface area contributed by atoms with Crippen LogP contribution in [0.15, 0.2) is 66.7 Å². The van der Waals surface area contributed by atoms with Crippen LogP contribution in [0.5, 0.6) is 0 Å². The highest BCUT2D eigenvalue weighted by Crippen LogP contribution is 2.32. The van der Waals surface area contributed by atoms with E-state index in [0.29, 0.717) is 26.3 Å². The number of hydrogen-bond donors (Lipinski definition) is 0. The molecule has 4 rings (SSSR count). The van der Waals surface area contributed by atoms with Crippen LogP contribution in [0, 0.1) is 0 Å². The van der Waals surface area contributed by atoms with Crippen molar-refractivity contribution in [2.24, 2.45) is 0 Å². The summed E-state index contributed by atoms with van der Waals surface area (Å²) in [7, 11) is 1.73. The van der Waals surface area contributed by atoms with Crippen LogP contribution in [-0.2, 0) is 27.2 Å². The number of fused-ring (bicyclic) bond motifs is 1. The van der Waals surface area contributed by atoms with Gasteiger partial charge in [0.05, 0.1) is 25.9 Å². The summed E-state index contributed by atoms with van der Waals surface area (Å²) in [4.78, 5) is 14.6. The van der Waals surface area contributed by atoms with Crippen molar-refractivity contribution in [2.75, 3.05) is 26.8 Å². The van der Waals surface area contributed by atoms with Gasteiger partial charge in [-0.05, 0) is 67.1 Å². The van der Waals surface area contributed by atoms with Crippen LogP contribution in [0.2, 0.25) is 0 Å². The molecule has 0 aliphatic carbocycles. The van der Waals surface area contributed by atoms with Crippen LogP contribution >= 0.6 is 0 Å². The monoisotopic (exact) mass is 475 g/mol. The van der Waals surface area contributed by atoms with E-state index in [1.54, 1.807) is 12.0 Å². The highest BCUT2D eigenvalue weighted by atomic mass is 16.6. The summed E-state index contributed by atoms with van der Waals surface area (Å²) >= 11 is 0. The molecule has 0 saturated carbocycles. The minimum Gasteiger partial charge on any atom is -0.444 e. The Morgan fingerprint density at radius 3 is 2.40 bits per heavy atom. The highest BCUT2D eigenvalue weighted by molar-refractivity contribution is 5.82. The van der Waals surface area contributed by atoms with Gasteiger partial charge >= 0.3 is 6.09 Å². The van der Waals surface area contributed by atoms with Gasteiger partial charge in [-0.3, -0.25) is 0 Å². The molecule has 0 radical (unpaired) electrons. The molecule has 1 heterocycles. The third-order valence-electron chi connectivity index (χ3n) is 6.49. The summed E-state index contributed by atoms with van der Waals surface area (Å²) in [6.45, 7) is 8.08. The number of ether oxygens (including phenoxy) is 3. The summed E-state index contributed by atoms with van der Waals surface area (Å²) in [5.74, 6) is 0.214. The molecule has 1 aliphatic rings. The topological polar surface area (TPSA) is 48.0 Å². The molecule has 1 amide bonds. The molecular weight excluding hydrogens is 438 g/mol. The molecule has 2 atom stereocenters. The van der Waals surface area contributed by atoms with E-state index in [4.69, 9.17) is 14.2 Å². The first-order chi connectivity index (χ1) is 16.8. The van der Waals surface area contributed by atoms with Gasteiger partial charge in [0.1, 0.15) is 5.60 Å². The maximum absolute atomic E-state index is 12.8. The molecule has 0 spiro atoms. The summed E-state index contributed by atoms with van der Waals surface area (Å²) in [6, 6.07) is 23.5. The van der Waals surface area contributed by atoms with Gasteiger partial charge in [-0.2, -0.15) is 0 Å². The van der Waals surface area contributed by atoms with Gasteiger partial charge in [0, 0.05) is 19.6 Å². The minimum absolute atomic E-state index is 0.118. The molecule has 1 fully saturated rings. The van der Waals surface area contributed by atoms with Crippen LogP contribution < -0.4 is 0 Å². The molecule has 5 nitrogen and oxygen atoms in total. The third kappa shape index (κ3) is 6.83. The van der Waals surface area contributed by atoms with E-state index in [1.165, 1.54) is 21.9 Å². The number of likely N-dealkylation sites (tertiary alicyclic amines) is 1. The van der Waals surface area contributed by atoms with Crippen LogP contribution in [0.25, 0.3) is 10.8 Å². The van der Waals surface area contributed by atoms with Gasteiger partial charge in [0.15, 0.2) is 0 Å². The third-order valence-corrected chi connectivity index (χ3v) is 6.49. The lowest BCUT2D eigenvalue weighted by Gasteiger charge is -2.39. The van der Waals surface area contributed by atoms with Crippen molar-refractivity contribution in [3.8, 4) is 0 Å². The molecule has 1 saturated heterocycles. The first kappa shape index (κ1) is 25.2. The molecule has 2 unspecified atom stereocenters. The number of nitrogens with zero attached hydrogens (tertiary/aromatic N) is 1. The Kier molecular flexibility index (Phi) is 8.09. The van der Waals surface area contributed by atoms with Crippen LogP contribution in [0.1, 0.15) is 49.8 Å². The zero-order valence-electron chi connectivity index (χ0n) is 21.3. The predicted octanol–water partition coefficient (Wildman–Crippen LogP) is 6.34. The van der Waals surface area contributed by atoms with Gasteiger partial charge in [-0.15, -0.1) is 0 Å². The van der Waals surface area contributed by atoms with Crippen molar-refractivity contribution in [3.05, 3.63) is 83.4 Å². The Labute approximate surface area is 209 Å². The highest BCUT2D eigenvalue weighted by Gasteiger charge is 2.35. The maximum atomic E-state index is 12.8. The fourth-order valence-electron chi connectivity index (χ4n) is 4.64.